The quantitative estimate of drug-likeness (QED) is 0.457. The summed E-state index contributed by atoms with van der Waals surface area (Å²) in [5.74, 6) is -0.0422. The van der Waals surface area contributed by atoms with Crippen molar-refractivity contribution in [3.05, 3.63) is 32.2 Å². The second-order valence-electron chi connectivity index (χ2n) is 4.57. The van der Waals surface area contributed by atoms with Gasteiger partial charge in [-0.05, 0) is 6.92 Å². The third-order valence-corrected chi connectivity index (χ3v) is 4.09. The summed E-state index contributed by atoms with van der Waals surface area (Å²) in [5, 5.41) is 17.8. The summed E-state index contributed by atoms with van der Waals surface area (Å²) in [6.07, 6.45) is 0. The van der Waals surface area contributed by atoms with Crippen LogP contribution < -0.4 is 21.6 Å². The van der Waals surface area contributed by atoms with Crippen LogP contribution in [-0.4, -0.2) is 9.97 Å². The number of H-pyrrole nitrogens is 1. The lowest BCUT2D eigenvalue weighted by Crippen LogP contribution is -2.12. The van der Waals surface area contributed by atoms with Gasteiger partial charge in [-0.25, -0.2) is 4.98 Å². The van der Waals surface area contributed by atoms with Crippen molar-refractivity contribution in [2.75, 3.05) is 11.5 Å². The van der Waals surface area contributed by atoms with Gasteiger partial charge in [-0.1, -0.05) is 11.3 Å². The number of aryl methyl sites for hydroxylation is 1. The smallest absolute Gasteiger partial charge is 0.192 e. The first-order valence-corrected chi connectivity index (χ1v) is 6.75. The molecule has 104 valence electrons. The Labute approximate surface area is 122 Å². The number of hydrogen-bond acceptors (Lipinski definition) is 7. The van der Waals surface area contributed by atoms with Gasteiger partial charge in [0.15, 0.2) is 5.43 Å². The number of anilines is 2. The Kier molecular flexibility index (Phi) is 2.67. The molecule has 3 aromatic heterocycles. The minimum atomic E-state index is -0.224. The van der Waals surface area contributed by atoms with Crippen LogP contribution in [0.1, 0.15) is 11.3 Å². The van der Waals surface area contributed by atoms with Crippen molar-refractivity contribution in [3.8, 4) is 6.07 Å². The van der Waals surface area contributed by atoms with Gasteiger partial charge in [0.25, 0.3) is 0 Å². The molecule has 0 fully saturated rings. The largest absolute Gasteiger partial charge is 0.397 e. The lowest BCUT2D eigenvalue weighted by molar-refractivity contribution is 1.25. The van der Waals surface area contributed by atoms with Crippen LogP contribution in [0.5, 0.6) is 0 Å². The molecule has 8 heteroatoms. The number of nitriles is 1. The third-order valence-electron chi connectivity index (χ3n) is 3.18. The number of rotatable bonds is 0. The number of fused-ring (bicyclic) bond motifs is 3. The van der Waals surface area contributed by atoms with Gasteiger partial charge in [-0.2, -0.15) is 5.26 Å². The van der Waals surface area contributed by atoms with Crippen molar-refractivity contribution in [2.24, 2.45) is 0 Å². The fourth-order valence-electron chi connectivity index (χ4n) is 2.26. The molecule has 0 aliphatic rings. The van der Waals surface area contributed by atoms with Crippen LogP contribution in [0.25, 0.3) is 21.1 Å². The van der Waals surface area contributed by atoms with Gasteiger partial charge in [0, 0.05) is 11.8 Å². The summed E-state index contributed by atoms with van der Waals surface area (Å²) < 4.78 is 0.125. The number of nitrogens with zero attached hydrogens (tertiary/aromatic N) is 2. The standard InChI is InChI=1S/C13H10N6OS/c1-4-2-6(20)7-10-8(12(17)21-13(7)18-4)9(15)5(3-14)11(16)19-10/h2,17H,1H3,(H,18,20)(H4,15,16,19). The van der Waals surface area contributed by atoms with Gasteiger partial charge in [-0.3, -0.25) is 10.2 Å². The fourth-order valence-corrected chi connectivity index (χ4v) is 3.29. The first-order valence-electron chi connectivity index (χ1n) is 5.94. The van der Waals surface area contributed by atoms with Crippen LogP contribution >= 0.6 is 11.3 Å². The molecular weight excluding hydrogens is 288 g/mol. The molecule has 0 radical (unpaired) electrons. The zero-order valence-electron chi connectivity index (χ0n) is 10.9. The molecule has 0 saturated heterocycles. The number of aromatic nitrogens is 2. The molecule has 0 aliphatic carbocycles. The van der Waals surface area contributed by atoms with Crippen molar-refractivity contribution in [2.45, 2.75) is 6.92 Å². The van der Waals surface area contributed by atoms with Gasteiger partial charge >= 0.3 is 0 Å². The Balaban J connectivity index is 2.74. The molecule has 3 aromatic rings. The molecule has 0 bridgehead atoms. The Bertz CT molecular complexity index is 1070. The number of pyridine rings is 2. The minimum absolute atomic E-state index is 0.0334. The van der Waals surface area contributed by atoms with E-state index in [1.165, 1.54) is 6.07 Å². The first-order chi connectivity index (χ1) is 9.93. The van der Waals surface area contributed by atoms with Crippen LogP contribution in [0.2, 0.25) is 0 Å². The lowest BCUT2D eigenvalue weighted by Gasteiger charge is -2.08. The van der Waals surface area contributed by atoms with E-state index in [4.69, 9.17) is 22.1 Å². The average Bonchev–Trinajstić information content (AvgIpc) is 2.37. The highest BCUT2D eigenvalue weighted by molar-refractivity contribution is 7.16. The summed E-state index contributed by atoms with van der Waals surface area (Å²) in [5.41, 5.74) is 12.5. The molecule has 3 heterocycles. The molecule has 6 N–H and O–H groups in total. The molecule has 0 saturated carbocycles. The predicted octanol–water partition coefficient (Wildman–Crippen LogP) is 0.962. The molecule has 7 nitrogen and oxygen atoms in total. The van der Waals surface area contributed by atoms with E-state index in [1.54, 1.807) is 6.92 Å². The molecule has 21 heavy (non-hydrogen) atoms. The first kappa shape index (κ1) is 13.1. The summed E-state index contributed by atoms with van der Waals surface area (Å²) in [6.45, 7) is 1.76. The Morgan fingerprint density at radius 1 is 1.43 bits per heavy atom. The third kappa shape index (κ3) is 1.75. The van der Waals surface area contributed by atoms with Gasteiger partial charge in [0.2, 0.25) is 0 Å². The molecule has 0 unspecified atom stereocenters. The van der Waals surface area contributed by atoms with Crippen molar-refractivity contribution in [3.63, 3.8) is 0 Å². The molecule has 0 amide bonds. The van der Waals surface area contributed by atoms with E-state index in [-0.39, 0.29) is 38.1 Å². The Morgan fingerprint density at radius 2 is 2.14 bits per heavy atom. The van der Waals surface area contributed by atoms with Crippen molar-refractivity contribution in [1.29, 1.82) is 10.7 Å². The van der Waals surface area contributed by atoms with Crippen LogP contribution in [0, 0.1) is 23.7 Å². The van der Waals surface area contributed by atoms with E-state index in [2.05, 4.69) is 9.97 Å². The summed E-state index contributed by atoms with van der Waals surface area (Å²) in [6, 6.07) is 3.33. The van der Waals surface area contributed by atoms with Crippen LogP contribution in [-0.2, 0) is 0 Å². The zero-order valence-corrected chi connectivity index (χ0v) is 11.8. The molecule has 0 aliphatic heterocycles. The van der Waals surface area contributed by atoms with E-state index in [0.29, 0.717) is 15.9 Å². The van der Waals surface area contributed by atoms with Crippen molar-refractivity contribution >= 4 is 44.0 Å². The number of nitrogens with two attached hydrogens (primary N) is 2. The molecular formula is C13H10N6OS. The minimum Gasteiger partial charge on any atom is -0.397 e. The van der Waals surface area contributed by atoms with Crippen LogP contribution in [0.3, 0.4) is 0 Å². The lowest BCUT2D eigenvalue weighted by atomic mass is 10.1. The molecule has 3 rings (SSSR count). The van der Waals surface area contributed by atoms with Gasteiger partial charge < -0.3 is 16.5 Å². The van der Waals surface area contributed by atoms with E-state index in [9.17, 15) is 4.79 Å². The number of hydrogen-bond donors (Lipinski definition) is 4. The second kappa shape index (κ2) is 4.29. The van der Waals surface area contributed by atoms with Gasteiger partial charge in [0.1, 0.15) is 27.0 Å². The normalized spacial score (nSPS) is 10.9. The van der Waals surface area contributed by atoms with Crippen molar-refractivity contribution < 1.29 is 0 Å². The topological polar surface area (TPSA) is 145 Å². The maximum Gasteiger partial charge on any atom is 0.192 e. The Morgan fingerprint density at radius 3 is 2.81 bits per heavy atom. The van der Waals surface area contributed by atoms with E-state index < -0.39 is 0 Å². The number of nitrogens with one attached hydrogen (secondary N) is 2. The monoisotopic (exact) mass is 298 g/mol. The highest BCUT2D eigenvalue weighted by atomic mass is 32.1. The number of nitrogen functional groups attached to an aromatic ring is 2. The maximum absolute atomic E-state index is 12.2. The summed E-state index contributed by atoms with van der Waals surface area (Å²) in [4.78, 5) is 19.9. The Hall–Kier alpha value is -2.92. The molecule has 0 aromatic carbocycles. The SMILES string of the molecule is Cc1cc(=O)c2c([nH]1)sc(=N)c1c(N)c(C#N)c(N)nc12. The van der Waals surface area contributed by atoms with E-state index >= 15 is 0 Å². The second-order valence-corrected chi connectivity index (χ2v) is 5.59. The average molecular weight is 298 g/mol. The van der Waals surface area contributed by atoms with Crippen molar-refractivity contribution in [1.82, 2.24) is 9.97 Å². The van der Waals surface area contributed by atoms with Gasteiger partial charge in [-0.15, -0.1) is 0 Å². The molecule has 0 spiro atoms. The van der Waals surface area contributed by atoms with E-state index in [1.807, 2.05) is 6.07 Å². The fraction of sp³-hybridized carbons (Fsp3) is 0.0769. The maximum atomic E-state index is 12.2. The highest BCUT2D eigenvalue weighted by Crippen LogP contribution is 2.28. The van der Waals surface area contributed by atoms with Crippen LogP contribution in [0.15, 0.2) is 10.9 Å². The number of aromatic amines is 1. The molecule has 0 atom stereocenters. The highest BCUT2D eigenvalue weighted by Gasteiger charge is 2.17. The van der Waals surface area contributed by atoms with E-state index in [0.717, 1.165) is 11.3 Å². The predicted molar refractivity (Wildman–Crippen MR) is 81.9 cm³/mol. The summed E-state index contributed by atoms with van der Waals surface area (Å²) >= 11 is 1.08. The summed E-state index contributed by atoms with van der Waals surface area (Å²) in [7, 11) is 0. The van der Waals surface area contributed by atoms with Crippen LogP contribution in [0.4, 0.5) is 11.5 Å². The van der Waals surface area contributed by atoms with Gasteiger partial charge in [0.05, 0.1) is 22.0 Å². The zero-order chi connectivity index (χ0) is 15.3.